The Morgan fingerprint density at radius 1 is 0.826 bits per heavy atom. The van der Waals surface area contributed by atoms with Gasteiger partial charge in [0.05, 0.1) is 12.0 Å². The number of halogens is 2. The molecule has 7 heteroatoms. The van der Waals surface area contributed by atoms with Crippen molar-refractivity contribution in [3.8, 4) is 5.75 Å². The number of carbonyl (C=O) groups is 1. The van der Waals surface area contributed by atoms with Crippen LogP contribution < -0.4 is 16.2 Å². The number of rotatable bonds is 20. The van der Waals surface area contributed by atoms with E-state index in [0.29, 0.717) is 31.6 Å². The fourth-order valence-electron chi connectivity index (χ4n) is 7.43. The van der Waals surface area contributed by atoms with E-state index in [9.17, 15) is 4.79 Å². The van der Waals surface area contributed by atoms with E-state index in [2.05, 4.69) is 6.92 Å². The molecule has 2 aromatic rings. The molecule has 0 aromatic heterocycles. The van der Waals surface area contributed by atoms with Crippen molar-refractivity contribution < 1.29 is 23.0 Å². The Hall–Kier alpha value is -3.09. The number of esters is 1. The van der Waals surface area contributed by atoms with Gasteiger partial charge in [-0.1, -0.05) is 82.9 Å². The first-order chi connectivity index (χ1) is 22.2. The van der Waals surface area contributed by atoms with Crippen LogP contribution in [0.15, 0.2) is 48.5 Å². The van der Waals surface area contributed by atoms with E-state index in [4.69, 9.17) is 20.9 Å². The second-order valence-electron chi connectivity index (χ2n) is 14.0. The van der Waals surface area contributed by atoms with E-state index in [-0.39, 0.29) is 11.2 Å². The highest BCUT2D eigenvalue weighted by Crippen LogP contribution is 2.63. The third-order valence-electron chi connectivity index (χ3n) is 10.6. The summed E-state index contributed by atoms with van der Waals surface area (Å²) in [6.07, 6.45) is 18.9. The minimum Gasteiger partial charge on any atom is -0.463 e. The van der Waals surface area contributed by atoms with Crippen molar-refractivity contribution >= 4 is 23.4 Å². The first-order valence-electron chi connectivity index (χ1n) is 17.8. The average molecular weight is 639 g/mol. The van der Waals surface area contributed by atoms with Gasteiger partial charge in [0.1, 0.15) is 5.75 Å². The molecule has 5 nitrogen and oxygen atoms in total. The van der Waals surface area contributed by atoms with Crippen LogP contribution in [0.2, 0.25) is 0 Å². The van der Waals surface area contributed by atoms with Gasteiger partial charge in [0.25, 0.3) is 0 Å². The molecule has 254 valence electrons. The highest BCUT2D eigenvalue weighted by atomic mass is 19.3. The summed E-state index contributed by atoms with van der Waals surface area (Å²) in [4.78, 5) is 12.1. The molecule has 3 aliphatic carbocycles. The number of anilines is 2. The summed E-state index contributed by atoms with van der Waals surface area (Å²) in [6.45, 7) is 2.60. The van der Waals surface area contributed by atoms with Gasteiger partial charge in [-0.25, -0.2) is 4.79 Å². The Bertz CT molecular complexity index is 1240. The minimum atomic E-state index is -3.20. The first-order valence-corrected chi connectivity index (χ1v) is 17.8. The zero-order valence-corrected chi connectivity index (χ0v) is 28.0. The quantitative estimate of drug-likeness (QED) is 0.0652. The molecular weight excluding hydrogens is 582 g/mol. The van der Waals surface area contributed by atoms with E-state index >= 15 is 8.78 Å². The van der Waals surface area contributed by atoms with Crippen molar-refractivity contribution in [2.75, 3.05) is 18.1 Å². The topological polar surface area (TPSA) is 87.6 Å². The number of nitrogen functional groups attached to an aromatic ring is 2. The lowest BCUT2D eigenvalue weighted by molar-refractivity contribution is -0.289. The molecule has 4 N–H and O–H groups in total. The summed E-state index contributed by atoms with van der Waals surface area (Å²) in [6, 6.07) is 12.3. The molecule has 2 bridgehead atoms. The summed E-state index contributed by atoms with van der Waals surface area (Å²) in [5.41, 5.74) is 14.4. The van der Waals surface area contributed by atoms with Crippen LogP contribution in [0.4, 0.5) is 20.2 Å². The molecule has 3 fully saturated rings. The SMILES string of the molecule is CCCCCC12CCC(C(F)(F)Oc3ccc(/C=C/C(=O)OCCCCCCCCCCc4ccc(N)cc4N)cc3)(CC1)CC2. The molecule has 0 aliphatic heterocycles. The van der Waals surface area contributed by atoms with Crippen molar-refractivity contribution in [1.29, 1.82) is 0 Å². The molecule has 0 heterocycles. The van der Waals surface area contributed by atoms with Crippen molar-refractivity contribution in [3.05, 3.63) is 59.7 Å². The van der Waals surface area contributed by atoms with Gasteiger partial charge in [-0.2, -0.15) is 8.78 Å². The van der Waals surface area contributed by atoms with Crippen molar-refractivity contribution in [3.63, 3.8) is 0 Å². The number of ether oxygens (including phenoxy) is 2. The number of aryl methyl sites for hydroxylation is 1. The molecule has 46 heavy (non-hydrogen) atoms. The van der Waals surface area contributed by atoms with Gasteiger partial charge in [0.15, 0.2) is 0 Å². The second kappa shape index (κ2) is 17.2. The third kappa shape index (κ3) is 10.2. The lowest BCUT2D eigenvalue weighted by Crippen LogP contribution is -2.53. The maximum absolute atomic E-state index is 15.5. The fourth-order valence-corrected chi connectivity index (χ4v) is 7.43. The smallest absolute Gasteiger partial charge is 0.403 e. The number of fused-ring (bicyclic) bond motifs is 3. The summed E-state index contributed by atoms with van der Waals surface area (Å²) in [7, 11) is 0. The van der Waals surface area contributed by atoms with E-state index in [1.807, 2.05) is 18.2 Å². The molecule has 0 radical (unpaired) electrons. The molecule has 3 aliphatic rings. The van der Waals surface area contributed by atoms with E-state index < -0.39 is 17.5 Å². The van der Waals surface area contributed by atoms with Crippen LogP contribution in [-0.2, 0) is 16.0 Å². The normalized spacial score (nSPS) is 21.1. The number of carbonyl (C=O) groups excluding carboxylic acids is 1. The van der Waals surface area contributed by atoms with Gasteiger partial charge in [0.2, 0.25) is 0 Å². The van der Waals surface area contributed by atoms with Crippen LogP contribution in [0.25, 0.3) is 6.08 Å². The maximum atomic E-state index is 15.5. The predicted octanol–water partition coefficient (Wildman–Crippen LogP) is 10.7. The van der Waals surface area contributed by atoms with Crippen molar-refractivity contribution in [1.82, 2.24) is 0 Å². The summed E-state index contributed by atoms with van der Waals surface area (Å²) in [5, 5.41) is 0. The lowest BCUT2D eigenvalue weighted by atomic mass is 9.52. The van der Waals surface area contributed by atoms with Crippen LogP contribution in [0.5, 0.6) is 5.75 Å². The van der Waals surface area contributed by atoms with Crippen LogP contribution in [0, 0.1) is 10.8 Å². The molecule has 2 aromatic carbocycles. The summed E-state index contributed by atoms with van der Waals surface area (Å²) in [5.74, 6) is -0.235. The van der Waals surface area contributed by atoms with E-state index in [0.717, 1.165) is 62.6 Å². The predicted molar refractivity (Wildman–Crippen MR) is 185 cm³/mol. The highest BCUT2D eigenvalue weighted by molar-refractivity contribution is 5.87. The lowest BCUT2D eigenvalue weighted by Gasteiger charge is -2.55. The van der Waals surface area contributed by atoms with Crippen molar-refractivity contribution in [2.45, 2.75) is 135 Å². The molecule has 0 unspecified atom stereocenters. The van der Waals surface area contributed by atoms with Gasteiger partial charge in [-0.3, -0.25) is 0 Å². The Morgan fingerprint density at radius 3 is 2.09 bits per heavy atom. The Kier molecular flexibility index (Phi) is 13.3. The van der Waals surface area contributed by atoms with Crippen LogP contribution in [0.1, 0.15) is 134 Å². The number of benzene rings is 2. The number of hydrogen-bond donors (Lipinski definition) is 2. The summed E-state index contributed by atoms with van der Waals surface area (Å²) >= 11 is 0. The Morgan fingerprint density at radius 2 is 1.46 bits per heavy atom. The Labute approximate surface area is 275 Å². The van der Waals surface area contributed by atoms with Gasteiger partial charge in [-0.15, -0.1) is 0 Å². The maximum Gasteiger partial charge on any atom is 0.403 e. The average Bonchev–Trinajstić information content (AvgIpc) is 3.05. The molecule has 0 atom stereocenters. The molecular formula is C39H56F2N2O3. The standard InChI is InChI=1S/C39H56F2N2O3/c1-2-3-11-22-37-23-26-38(27-24-37,28-25-37)39(40,41)46-34-19-14-31(15-20-34)16-21-36(44)45-29-12-9-7-5-4-6-8-10-13-32-17-18-33(42)30-35(32)43/h14-21,30H,2-13,22-29,42-43H2,1H3/b21-16+. The number of hydrogen-bond acceptors (Lipinski definition) is 5. The van der Waals surface area contributed by atoms with Crippen LogP contribution in [0.3, 0.4) is 0 Å². The monoisotopic (exact) mass is 638 g/mol. The van der Waals surface area contributed by atoms with Crippen LogP contribution >= 0.6 is 0 Å². The van der Waals surface area contributed by atoms with Crippen molar-refractivity contribution in [2.24, 2.45) is 10.8 Å². The van der Waals surface area contributed by atoms with E-state index in [1.165, 1.54) is 63.0 Å². The van der Waals surface area contributed by atoms with Crippen LogP contribution in [-0.4, -0.2) is 18.7 Å². The number of unbranched alkanes of at least 4 members (excludes halogenated alkanes) is 9. The van der Waals surface area contributed by atoms with E-state index in [1.54, 1.807) is 30.3 Å². The first kappa shape index (κ1) is 35.8. The van der Waals surface area contributed by atoms with Gasteiger partial charge < -0.3 is 20.9 Å². The highest BCUT2D eigenvalue weighted by Gasteiger charge is 2.62. The van der Waals surface area contributed by atoms with Gasteiger partial charge in [-0.05, 0) is 111 Å². The molecule has 0 saturated heterocycles. The molecule has 0 spiro atoms. The zero-order valence-electron chi connectivity index (χ0n) is 28.0. The molecule has 5 rings (SSSR count). The Balaban J connectivity index is 1.06. The van der Waals surface area contributed by atoms with Gasteiger partial charge in [0, 0.05) is 17.5 Å². The molecule has 0 amide bonds. The fraction of sp³-hybridized carbons (Fsp3) is 0.615. The molecule has 3 saturated carbocycles. The van der Waals surface area contributed by atoms with Gasteiger partial charge >= 0.3 is 12.1 Å². The minimum absolute atomic E-state index is 0.160. The number of alkyl halides is 2. The third-order valence-corrected chi connectivity index (χ3v) is 10.6. The summed E-state index contributed by atoms with van der Waals surface area (Å²) < 4.78 is 41.7. The number of nitrogens with two attached hydrogens (primary N) is 2. The second-order valence-corrected chi connectivity index (χ2v) is 14.0. The zero-order chi connectivity index (χ0) is 32.9. The largest absolute Gasteiger partial charge is 0.463 e.